The molecule has 0 aliphatic carbocycles. The van der Waals surface area contributed by atoms with E-state index in [9.17, 15) is 0 Å². The van der Waals surface area contributed by atoms with Crippen LogP contribution in [0.5, 0.6) is 11.5 Å². The van der Waals surface area contributed by atoms with Gasteiger partial charge >= 0.3 is 31.1 Å². The molecule has 0 spiro atoms. The van der Waals surface area contributed by atoms with Crippen molar-refractivity contribution in [1.29, 1.82) is 0 Å². The molecule has 0 aliphatic rings. The number of nitrogens with zero attached hydrogens (tertiary/aromatic N) is 3. The van der Waals surface area contributed by atoms with E-state index in [1.807, 2.05) is 0 Å². The molecule has 2 aromatic rings. The summed E-state index contributed by atoms with van der Waals surface area (Å²) < 4.78 is 10.2. The van der Waals surface area contributed by atoms with Gasteiger partial charge in [-0.1, -0.05) is 11.8 Å². The first-order valence-corrected chi connectivity index (χ1v) is 5.36. The Hall–Kier alpha value is -1.03. The maximum absolute atomic E-state index is 5.67. The minimum Gasteiger partial charge on any atom is -0.522 e. The quantitative estimate of drug-likeness (QED) is 0.628. The number of benzene rings is 1. The summed E-state index contributed by atoms with van der Waals surface area (Å²) in [4.78, 5) is 11.6. The second-order valence-corrected chi connectivity index (χ2v) is 3.55. The summed E-state index contributed by atoms with van der Waals surface area (Å²) in [5, 5.41) is 3.09. The van der Waals surface area contributed by atoms with Gasteiger partial charge in [0.2, 0.25) is 11.2 Å². The fourth-order valence-electron chi connectivity index (χ4n) is 1.28. The largest absolute Gasteiger partial charge is 2.00 e. The van der Waals surface area contributed by atoms with Gasteiger partial charge in [0.05, 0.1) is 14.2 Å². The van der Waals surface area contributed by atoms with E-state index in [4.69, 9.17) is 21.1 Å². The zero-order valence-electron chi connectivity index (χ0n) is 11.3. The summed E-state index contributed by atoms with van der Waals surface area (Å²) in [6, 6.07) is 6.39. The predicted octanol–water partition coefficient (Wildman–Crippen LogP) is 2.54. The molecule has 2 rings (SSSR count). The van der Waals surface area contributed by atoms with E-state index in [-0.39, 0.29) is 43.8 Å². The first kappa shape index (κ1) is 19.0. The molecule has 0 radical (unpaired) electrons. The van der Waals surface area contributed by atoms with Crippen molar-refractivity contribution in [2.24, 2.45) is 0 Å². The van der Waals surface area contributed by atoms with Crippen LogP contribution in [-0.4, -0.2) is 29.2 Å². The van der Waals surface area contributed by atoms with Gasteiger partial charge in [-0.15, -0.1) is 12.1 Å². The third-order valence-corrected chi connectivity index (χ3v) is 2.24. The Balaban J connectivity index is 0.00000180. The van der Waals surface area contributed by atoms with Crippen LogP contribution in [0.25, 0.3) is 0 Å². The molecule has 0 saturated carbocycles. The van der Waals surface area contributed by atoms with Crippen LogP contribution in [0.3, 0.4) is 0 Å². The van der Waals surface area contributed by atoms with Crippen molar-refractivity contribution in [3.05, 3.63) is 37.2 Å². The smallest absolute Gasteiger partial charge is 0.522 e. The molecule has 1 aromatic heterocycles. The molecule has 6 nitrogen and oxygen atoms in total. The minimum absolute atomic E-state index is 0. The fourth-order valence-corrected chi connectivity index (χ4v) is 1.40. The normalized spacial score (nSPS) is 8.95. The van der Waals surface area contributed by atoms with E-state index in [0.29, 0.717) is 23.1 Å². The maximum atomic E-state index is 5.67. The fraction of sp³-hybridized carbons (Fsp3) is 0.167. The summed E-state index contributed by atoms with van der Waals surface area (Å²) in [7, 11) is 3.10. The monoisotopic (exact) mass is 518 g/mol. The van der Waals surface area contributed by atoms with E-state index in [0.717, 1.165) is 0 Å². The minimum atomic E-state index is 0. The molecule has 1 aromatic carbocycles. The molecule has 0 unspecified atom stereocenters. The molecule has 0 aliphatic heterocycles. The van der Waals surface area contributed by atoms with Gasteiger partial charge in [0, 0.05) is 11.5 Å². The molecule has 1 N–H and O–H groups in total. The van der Waals surface area contributed by atoms with E-state index in [2.05, 4.69) is 26.3 Å². The molecule has 20 heavy (non-hydrogen) atoms. The topological polar surface area (TPSA) is 69.2 Å². The van der Waals surface area contributed by atoms with E-state index in [1.165, 1.54) is 6.33 Å². The van der Waals surface area contributed by atoms with Crippen molar-refractivity contribution >= 4 is 23.2 Å². The number of rotatable bonds is 4. The third kappa shape index (κ3) is 5.16. The van der Waals surface area contributed by atoms with Crippen molar-refractivity contribution in [2.75, 3.05) is 19.5 Å². The van der Waals surface area contributed by atoms with Gasteiger partial charge < -0.3 is 22.2 Å². The van der Waals surface area contributed by atoms with Gasteiger partial charge in [0.25, 0.3) is 0 Å². The van der Waals surface area contributed by atoms with Gasteiger partial charge in [0.15, 0.2) is 0 Å². The SMILES string of the molecule is COc1[c-]c(OC)cc(Nc2ncnc(Cl)n2)c1.[CH3-].[U+2]. The third-order valence-electron chi connectivity index (χ3n) is 2.06. The van der Waals surface area contributed by atoms with Gasteiger partial charge in [0.1, 0.15) is 6.33 Å². The predicted molar refractivity (Wildman–Crippen MR) is 72.9 cm³/mol. The number of halogens is 1. The number of ether oxygens (including phenoxy) is 2. The van der Waals surface area contributed by atoms with Gasteiger partial charge in [-0.05, 0) is 11.6 Å². The molecular formula is C12H13ClN4O2U. The number of hydrogen-bond acceptors (Lipinski definition) is 6. The molecule has 104 valence electrons. The average molecular weight is 519 g/mol. The summed E-state index contributed by atoms with van der Waals surface area (Å²) in [6.07, 6.45) is 1.32. The average Bonchev–Trinajstić information content (AvgIpc) is 2.38. The van der Waals surface area contributed by atoms with Gasteiger partial charge in [-0.25, -0.2) is 9.97 Å². The van der Waals surface area contributed by atoms with Gasteiger partial charge in [-0.3, -0.25) is 0 Å². The number of hydrogen-bond donors (Lipinski definition) is 1. The molecule has 0 saturated heterocycles. The van der Waals surface area contributed by atoms with Gasteiger partial charge in [-0.2, -0.15) is 4.98 Å². The van der Waals surface area contributed by atoms with E-state index in [1.54, 1.807) is 26.4 Å². The van der Waals surface area contributed by atoms with Crippen molar-refractivity contribution < 1.29 is 40.6 Å². The Bertz CT molecular complexity index is 534. The Labute approximate surface area is 146 Å². The molecule has 8 heteroatoms. The van der Waals surface area contributed by atoms with Crippen LogP contribution in [0.1, 0.15) is 0 Å². The van der Waals surface area contributed by atoms with Crippen molar-refractivity contribution in [1.82, 2.24) is 15.0 Å². The Morgan fingerprint density at radius 3 is 2.25 bits per heavy atom. The molecule has 0 amide bonds. The first-order chi connectivity index (χ1) is 8.71. The Morgan fingerprint density at radius 1 is 1.15 bits per heavy atom. The van der Waals surface area contributed by atoms with Crippen LogP contribution in [0, 0.1) is 44.6 Å². The second kappa shape index (κ2) is 9.01. The van der Waals surface area contributed by atoms with Crippen LogP contribution in [0.2, 0.25) is 5.28 Å². The molecule has 0 atom stereocenters. The van der Waals surface area contributed by atoms with Crippen LogP contribution >= 0.6 is 11.6 Å². The number of anilines is 2. The van der Waals surface area contributed by atoms with E-state index < -0.39 is 0 Å². The maximum Gasteiger partial charge on any atom is 2.00 e. The first-order valence-electron chi connectivity index (χ1n) is 4.98. The summed E-state index contributed by atoms with van der Waals surface area (Å²) >= 11 is 5.67. The second-order valence-electron chi connectivity index (χ2n) is 3.21. The standard InChI is InChI=1S/C11H10ClN4O2.CH3.U/c1-17-8-3-7(4-9(5-8)18-2)15-11-14-6-13-10(12)16-11;;/h3-4,6H,1-2H3,(H,13,14,15,16);1H3;/q2*-1;+2. The number of methoxy groups -OCH3 is 2. The Kier molecular flexibility index (Phi) is 8.55. The van der Waals surface area contributed by atoms with Crippen molar-refractivity contribution in [3.63, 3.8) is 0 Å². The van der Waals surface area contributed by atoms with Crippen LogP contribution in [0.15, 0.2) is 18.5 Å². The van der Waals surface area contributed by atoms with Crippen LogP contribution in [0.4, 0.5) is 11.6 Å². The number of nitrogens with one attached hydrogen (secondary N) is 1. The zero-order valence-corrected chi connectivity index (χ0v) is 16.2. The number of aromatic nitrogens is 3. The summed E-state index contributed by atoms with van der Waals surface area (Å²) in [5.41, 5.74) is 0.699. The molecule has 0 fully saturated rings. The summed E-state index contributed by atoms with van der Waals surface area (Å²) in [5.74, 6) is 1.42. The van der Waals surface area contributed by atoms with Crippen LogP contribution in [-0.2, 0) is 0 Å². The van der Waals surface area contributed by atoms with Crippen LogP contribution < -0.4 is 14.8 Å². The molecule has 1 heterocycles. The zero-order chi connectivity index (χ0) is 13.0. The summed E-state index contributed by atoms with van der Waals surface area (Å²) in [6.45, 7) is 0. The Morgan fingerprint density at radius 2 is 1.75 bits per heavy atom. The molecule has 0 bridgehead atoms. The van der Waals surface area contributed by atoms with Crippen molar-refractivity contribution in [2.45, 2.75) is 0 Å². The van der Waals surface area contributed by atoms with E-state index >= 15 is 0 Å². The molecular weight excluding hydrogens is 506 g/mol. The van der Waals surface area contributed by atoms with Crippen molar-refractivity contribution in [3.8, 4) is 11.5 Å².